The maximum atomic E-state index is 13.1. The average Bonchev–Trinajstić information content (AvgIpc) is 3.28. The molecule has 3 atom stereocenters. The van der Waals surface area contributed by atoms with E-state index in [0.29, 0.717) is 24.8 Å². The third-order valence-electron chi connectivity index (χ3n) is 7.47. The maximum absolute atomic E-state index is 13.1. The van der Waals surface area contributed by atoms with Gasteiger partial charge in [0, 0.05) is 38.3 Å². The summed E-state index contributed by atoms with van der Waals surface area (Å²) >= 11 is 0. The van der Waals surface area contributed by atoms with Gasteiger partial charge in [0.05, 0.1) is 0 Å². The fourth-order valence-electron chi connectivity index (χ4n) is 5.64. The molecule has 1 saturated carbocycles. The Morgan fingerprint density at radius 1 is 1.17 bits per heavy atom. The Morgan fingerprint density at radius 3 is 2.47 bits per heavy atom. The number of carbonyl (C=O) groups is 2. The van der Waals surface area contributed by atoms with Crippen LogP contribution in [0.3, 0.4) is 0 Å². The number of piperidine rings is 1. The van der Waals surface area contributed by atoms with Gasteiger partial charge in [0.1, 0.15) is 18.5 Å². The molecule has 3 unspecified atom stereocenters. The van der Waals surface area contributed by atoms with Crippen LogP contribution in [0.5, 0.6) is 0 Å². The number of nitrogens with zero attached hydrogens (tertiary/aromatic N) is 2. The molecule has 1 amide bonds. The molecule has 1 aliphatic carbocycles. The summed E-state index contributed by atoms with van der Waals surface area (Å²) in [5.74, 6) is -0.115. The molecule has 3 rings (SSSR count). The molecule has 36 heavy (non-hydrogen) atoms. The van der Waals surface area contributed by atoms with Crippen LogP contribution in [0.2, 0.25) is 0 Å². The second kappa shape index (κ2) is 13.9. The number of hydrogen-bond acceptors (Lipinski definition) is 5. The highest BCUT2D eigenvalue weighted by Crippen LogP contribution is 2.29. The first kappa shape index (κ1) is 28.4. The first-order chi connectivity index (χ1) is 17.2. The molecule has 0 bridgehead atoms. The van der Waals surface area contributed by atoms with Gasteiger partial charge in [-0.25, -0.2) is 9.18 Å². The molecular weight excluding hydrogens is 461 g/mol. The molecule has 1 heterocycles. The smallest absolute Gasteiger partial charge is 0.410 e. The number of carboxylic acid groups (broad SMARTS) is 1. The zero-order chi connectivity index (χ0) is 26.1. The second-order valence-corrected chi connectivity index (χ2v) is 11.0. The van der Waals surface area contributed by atoms with Crippen molar-refractivity contribution in [1.82, 2.24) is 15.1 Å². The number of likely N-dealkylation sites (tertiary alicyclic amines) is 1. The zero-order valence-corrected chi connectivity index (χ0v) is 22.1. The van der Waals surface area contributed by atoms with Crippen molar-refractivity contribution in [2.24, 2.45) is 11.8 Å². The number of benzene rings is 1. The molecule has 1 saturated heterocycles. The van der Waals surface area contributed by atoms with Gasteiger partial charge in [0.15, 0.2) is 0 Å². The number of amides is 1. The molecule has 0 aromatic heterocycles. The highest BCUT2D eigenvalue weighted by molar-refractivity contribution is 5.73. The van der Waals surface area contributed by atoms with Gasteiger partial charge in [-0.15, -0.1) is 0 Å². The van der Waals surface area contributed by atoms with E-state index in [1.54, 1.807) is 12.1 Å². The molecule has 7 nitrogen and oxygen atoms in total. The predicted octanol–water partition coefficient (Wildman–Crippen LogP) is 4.90. The summed E-state index contributed by atoms with van der Waals surface area (Å²) in [5, 5.41) is 12.9. The van der Waals surface area contributed by atoms with Gasteiger partial charge in [-0.1, -0.05) is 32.9 Å². The van der Waals surface area contributed by atoms with E-state index in [1.165, 1.54) is 12.1 Å². The van der Waals surface area contributed by atoms with Crippen LogP contribution >= 0.6 is 0 Å². The third-order valence-corrected chi connectivity index (χ3v) is 7.47. The summed E-state index contributed by atoms with van der Waals surface area (Å²) in [5.41, 5.74) is 0.777. The lowest BCUT2D eigenvalue weighted by Gasteiger charge is -2.38. The van der Waals surface area contributed by atoms with Crippen LogP contribution in [0.1, 0.15) is 71.3 Å². The number of carbonyl (C=O) groups excluding carboxylic acids is 1. The van der Waals surface area contributed by atoms with Crippen LogP contribution < -0.4 is 5.32 Å². The number of ether oxygens (including phenoxy) is 1. The molecule has 1 aromatic rings. The van der Waals surface area contributed by atoms with Crippen molar-refractivity contribution in [3.8, 4) is 0 Å². The van der Waals surface area contributed by atoms with E-state index in [2.05, 4.69) is 31.0 Å². The van der Waals surface area contributed by atoms with Crippen molar-refractivity contribution in [1.29, 1.82) is 0 Å². The van der Waals surface area contributed by atoms with Crippen LogP contribution in [0.25, 0.3) is 0 Å². The lowest BCUT2D eigenvalue weighted by molar-refractivity contribution is -0.140. The van der Waals surface area contributed by atoms with Gasteiger partial charge in [-0.05, 0) is 74.5 Å². The van der Waals surface area contributed by atoms with E-state index in [-0.39, 0.29) is 30.6 Å². The highest BCUT2D eigenvalue weighted by atomic mass is 19.1. The third kappa shape index (κ3) is 8.73. The van der Waals surface area contributed by atoms with Crippen molar-refractivity contribution in [2.45, 2.75) is 90.4 Å². The predicted molar refractivity (Wildman–Crippen MR) is 138 cm³/mol. The van der Waals surface area contributed by atoms with Crippen LogP contribution in [-0.4, -0.2) is 71.3 Å². The first-order valence-electron chi connectivity index (χ1n) is 13.6. The molecule has 2 N–H and O–H groups in total. The Labute approximate surface area is 215 Å². The Bertz CT molecular complexity index is 827. The van der Waals surface area contributed by atoms with Gasteiger partial charge < -0.3 is 25.0 Å². The minimum absolute atomic E-state index is 0.148. The van der Waals surface area contributed by atoms with E-state index < -0.39 is 12.0 Å². The van der Waals surface area contributed by atoms with Crippen LogP contribution in [0.4, 0.5) is 9.18 Å². The topological polar surface area (TPSA) is 82.1 Å². The maximum Gasteiger partial charge on any atom is 0.410 e. The van der Waals surface area contributed by atoms with E-state index in [4.69, 9.17) is 4.74 Å². The Balaban J connectivity index is 1.42. The molecule has 0 radical (unpaired) electrons. The van der Waals surface area contributed by atoms with Crippen LogP contribution in [0, 0.1) is 17.7 Å². The first-order valence-corrected chi connectivity index (χ1v) is 13.6. The number of carboxylic acids is 1. The number of aliphatic carboxylic acids is 1. The summed E-state index contributed by atoms with van der Waals surface area (Å²) < 4.78 is 18.7. The number of nitrogens with one attached hydrogen (secondary N) is 1. The lowest BCUT2D eigenvalue weighted by Crippen LogP contribution is -2.48. The molecule has 8 heteroatoms. The van der Waals surface area contributed by atoms with E-state index in [0.717, 1.165) is 63.7 Å². The van der Waals surface area contributed by atoms with Crippen LogP contribution in [-0.2, 0) is 16.1 Å². The molecule has 1 aromatic carbocycles. The van der Waals surface area contributed by atoms with Crippen molar-refractivity contribution in [3.63, 3.8) is 0 Å². The Hall–Kier alpha value is -2.19. The molecule has 2 fully saturated rings. The molecule has 1 aliphatic heterocycles. The normalized spacial score (nSPS) is 22.0. The van der Waals surface area contributed by atoms with E-state index in [9.17, 15) is 19.1 Å². The summed E-state index contributed by atoms with van der Waals surface area (Å²) in [6.45, 7) is 9.95. The summed E-state index contributed by atoms with van der Waals surface area (Å²) in [6.07, 6.45) is 6.28. The highest BCUT2D eigenvalue weighted by Gasteiger charge is 2.33. The van der Waals surface area contributed by atoms with Gasteiger partial charge in [0.2, 0.25) is 0 Å². The monoisotopic (exact) mass is 505 g/mol. The Kier molecular flexibility index (Phi) is 11.0. The minimum Gasteiger partial charge on any atom is -0.480 e. The van der Waals surface area contributed by atoms with Gasteiger partial charge >= 0.3 is 12.1 Å². The average molecular weight is 506 g/mol. The van der Waals surface area contributed by atoms with Crippen molar-refractivity contribution in [2.75, 3.05) is 26.2 Å². The number of rotatable bonds is 12. The molecule has 0 spiro atoms. The van der Waals surface area contributed by atoms with Crippen molar-refractivity contribution >= 4 is 12.1 Å². The fraction of sp³-hybridized carbons (Fsp3) is 0.714. The summed E-state index contributed by atoms with van der Waals surface area (Å²) in [6, 6.07) is 6.02. The second-order valence-electron chi connectivity index (χ2n) is 11.0. The van der Waals surface area contributed by atoms with Gasteiger partial charge in [-0.2, -0.15) is 0 Å². The zero-order valence-electron chi connectivity index (χ0n) is 22.1. The quantitative estimate of drug-likeness (QED) is 0.421. The molecular formula is C28H44FN3O4. The number of hydrogen-bond donors (Lipinski definition) is 2. The fourth-order valence-corrected chi connectivity index (χ4v) is 5.64. The van der Waals surface area contributed by atoms with Crippen LogP contribution in [0.15, 0.2) is 24.3 Å². The SMILES string of the molecule is CCCN(C(=O)OCc1ccc(F)cc1)C1CCN(CC2CCC(NC(CC(C)C)C(=O)O)C2)CC1. The number of halogens is 1. The van der Waals surface area contributed by atoms with Crippen molar-refractivity contribution in [3.05, 3.63) is 35.6 Å². The standard InChI is InChI=1S/C28H44FN3O4/c1-4-13-32(28(35)36-19-21-5-8-23(29)9-6-21)25-11-14-31(15-12-25)18-22-7-10-24(17-22)30-26(27(33)34)16-20(2)3/h5-6,8-9,20,22,24-26,30H,4,7,10-19H2,1-3H3,(H,33,34). The van der Waals surface area contributed by atoms with Gasteiger partial charge in [0.25, 0.3) is 0 Å². The molecule has 2 aliphatic rings. The lowest BCUT2D eigenvalue weighted by atomic mass is 10.00. The summed E-state index contributed by atoms with van der Waals surface area (Å²) in [7, 11) is 0. The van der Waals surface area contributed by atoms with Gasteiger partial charge in [-0.3, -0.25) is 4.79 Å². The van der Waals surface area contributed by atoms with E-state index >= 15 is 0 Å². The largest absolute Gasteiger partial charge is 0.480 e. The Morgan fingerprint density at radius 2 is 1.86 bits per heavy atom. The minimum atomic E-state index is -0.748. The summed E-state index contributed by atoms with van der Waals surface area (Å²) in [4.78, 5) is 28.8. The van der Waals surface area contributed by atoms with Crippen molar-refractivity contribution < 1.29 is 23.8 Å². The molecule has 202 valence electrons. The van der Waals surface area contributed by atoms with E-state index in [1.807, 2.05) is 4.90 Å².